The van der Waals surface area contributed by atoms with Gasteiger partial charge < -0.3 is 24.4 Å². The Labute approximate surface area is 195 Å². The van der Waals surface area contributed by atoms with Gasteiger partial charge in [0.05, 0.1) is 24.3 Å². The van der Waals surface area contributed by atoms with E-state index in [0.717, 1.165) is 6.07 Å². The van der Waals surface area contributed by atoms with Gasteiger partial charge in [0.25, 0.3) is 0 Å². The maximum absolute atomic E-state index is 14.1. The normalized spacial score (nSPS) is 18.1. The molecular formula is C23H25FN4O6. The van der Waals surface area contributed by atoms with Crippen molar-refractivity contribution in [3.05, 3.63) is 47.9 Å². The lowest BCUT2D eigenvalue weighted by atomic mass is 10.2. The van der Waals surface area contributed by atoms with Crippen molar-refractivity contribution in [1.29, 1.82) is 0 Å². The van der Waals surface area contributed by atoms with Gasteiger partial charge in [-0.05, 0) is 51.1 Å². The van der Waals surface area contributed by atoms with Crippen LogP contribution in [0.25, 0.3) is 0 Å². The number of anilines is 1. The van der Waals surface area contributed by atoms with Gasteiger partial charge in [-0.15, -0.1) is 0 Å². The number of aromatic nitrogens is 1. The first kappa shape index (κ1) is 23.3. The Morgan fingerprint density at radius 1 is 1.15 bits per heavy atom. The van der Waals surface area contributed by atoms with E-state index >= 15 is 0 Å². The van der Waals surface area contributed by atoms with Crippen molar-refractivity contribution in [3.8, 4) is 11.5 Å². The van der Waals surface area contributed by atoms with Crippen LogP contribution < -0.4 is 9.64 Å². The maximum Gasteiger partial charge on any atom is 0.410 e. The zero-order chi connectivity index (χ0) is 24.6. The fourth-order valence-electron chi connectivity index (χ4n) is 3.83. The molecule has 3 heterocycles. The van der Waals surface area contributed by atoms with Gasteiger partial charge >= 0.3 is 18.1 Å². The average molecular weight is 472 g/mol. The van der Waals surface area contributed by atoms with Crippen LogP contribution in [0.3, 0.4) is 0 Å². The van der Waals surface area contributed by atoms with Crippen molar-refractivity contribution in [2.24, 2.45) is 0 Å². The molecule has 0 unspecified atom stereocenters. The maximum atomic E-state index is 14.1. The predicted molar refractivity (Wildman–Crippen MR) is 119 cm³/mol. The fourth-order valence-corrected chi connectivity index (χ4v) is 3.83. The molecule has 2 aromatic rings. The van der Waals surface area contributed by atoms with Crippen LogP contribution in [0.15, 0.2) is 36.5 Å². The van der Waals surface area contributed by atoms with Crippen LogP contribution in [-0.4, -0.2) is 75.8 Å². The first-order valence-electron chi connectivity index (χ1n) is 10.7. The molecule has 0 saturated carbocycles. The zero-order valence-electron chi connectivity index (χ0n) is 19.0. The minimum absolute atomic E-state index is 0.142. The summed E-state index contributed by atoms with van der Waals surface area (Å²) in [5, 5.41) is 8.93. The highest BCUT2D eigenvalue weighted by molar-refractivity contribution is 5.94. The van der Waals surface area contributed by atoms with Crippen LogP contribution in [-0.2, 0) is 4.74 Å². The van der Waals surface area contributed by atoms with E-state index in [1.54, 1.807) is 42.7 Å². The van der Waals surface area contributed by atoms with E-state index in [2.05, 4.69) is 4.98 Å². The number of benzene rings is 1. The summed E-state index contributed by atoms with van der Waals surface area (Å²) in [5.41, 5.74) is -0.784. The highest BCUT2D eigenvalue weighted by atomic mass is 19.1. The van der Waals surface area contributed by atoms with E-state index in [1.165, 1.54) is 23.2 Å². The van der Waals surface area contributed by atoms with Crippen molar-refractivity contribution in [2.45, 2.75) is 32.4 Å². The second-order valence-electron chi connectivity index (χ2n) is 9.07. The van der Waals surface area contributed by atoms with Crippen LogP contribution in [0.2, 0.25) is 0 Å². The largest absolute Gasteiger partial charge is 0.478 e. The molecule has 34 heavy (non-hydrogen) atoms. The number of pyridine rings is 1. The molecule has 1 atom stereocenters. The Balaban J connectivity index is 1.41. The number of hydrogen-bond acceptors (Lipinski definition) is 6. The van der Waals surface area contributed by atoms with Crippen LogP contribution in [0.1, 0.15) is 31.1 Å². The lowest BCUT2D eigenvalue weighted by molar-refractivity contribution is 0.0128. The second-order valence-corrected chi connectivity index (χ2v) is 9.07. The van der Waals surface area contributed by atoms with E-state index in [4.69, 9.17) is 14.6 Å². The molecule has 0 aliphatic carbocycles. The SMILES string of the molecule is CC(C)(C)OC(=O)N1CCN2C(=O)N(c3ccc(Oc4ccc(C(=O)O)cc4F)cn3)C[C@@H]2C1. The number of halogens is 1. The van der Waals surface area contributed by atoms with Crippen molar-refractivity contribution in [2.75, 3.05) is 31.1 Å². The molecule has 2 aliphatic heterocycles. The number of aromatic carboxylic acids is 1. The molecule has 2 saturated heterocycles. The summed E-state index contributed by atoms with van der Waals surface area (Å²) < 4.78 is 25.0. The molecule has 3 amide bonds. The standard InChI is InChI=1S/C23H25FN4O6/c1-23(2,3)34-22(32)26-8-9-27-15(12-26)13-28(21(27)31)19-7-5-16(11-25-19)33-18-6-4-14(20(29)30)10-17(18)24/h4-7,10-11,15H,8-9,12-13H2,1-3H3,(H,29,30)/t15-/m0/s1. The monoisotopic (exact) mass is 472 g/mol. The fraction of sp³-hybridized carbons (Fsp3) is 0.391. The van der Waals surface area contributed by atoms with Gasteiger partial charge in [0.1, 0.15) is 17.2 Å². The second kappa shape index (κ2) is 8.81. The molecule has 0 spiro atoms. The van der Waals surface area contributed by atoms with Gasteiger partial charge in [-0.1, -0.05) is 0 Å². The van der Waals surface area contributed by atoms with Gasteiger partial charge in [-0.2, -0.15) is 0 Å². The molecule has 0 bridgehead atoms. The third-order valence-electron chi connectivity index (χ3n) is 5.41. The number of carbonyl (C=O) groups is 3. The third kappa shape index (κ3) is 4.87. The minimum atomic E-state index is -1.24. The Bertz CT molecular complexity index is 1120. The molecule has 1 N–H and O–H groups in total. The molecule has 4 rings (SSSR count). The summed E-state index contributed by atoms with van der Waals surface area (Å²) in [6.07, 6.45) is 0.957. The lowest BCUT2D eigenvalue weighted by Gasteiger charge is -2.36. The van der Waals surface area contributed by atoms with Gasteiger partial charge in [0, 0.05) is 19.6 Å². The van der Waals surface area contributed by atoms with Crippen molar-refractivity contribution < 1.29 is 33.4 Å². The molecule has 11 heteroatoms. The van der Waals surface area contributed by atoms with Gasteiger partial charge in [0.15, 0.2) is 11.6 Å². The smallest absolute Gasteiger partial charge is 0.410 e. The highest BCUT2D eigenvalue weighted by Gasteiger charge is 2.43. The van der Waals surface area contributed by atoms with Crippen molar-refractivity contribution in [1.82, 2.24) is 14.8 Å². The summed E-state index contributed by atoms with van der Waals surface area (Å²) >= 11 is 0. The predicted octanol–water partition coefficient (Wildman–Crippen LogP) is 3.57. The summed E-state index contributed by atoms with van der Waals surface area (Å²) in [6, 6.07) is 6.08. The number of nitrogens with zero attached hydrogens (tertiary/aromatic N) is 4. The lowest BCUT2D eigenvalue weighted by Crippen LogP contribution is -2.54. The van der Waals surface area contributed by atoms with Crippen molar-refractivity contribution in [3.63, 3.8) is 0 Å². The number of rotatable bonds is 4. The molecule has 2 fully saturated rings. The molecule has 0 radical (unpaired) electrons. The minimum Gasteiger partial charge on any atom is -0.478 e. The van der Waals surface area contributed by atoms with Crippen molar-refractivity contribution >= 4 is 23.9 Å². The number of urea groups is 1. The van der Waals surface area contributed by atoms with E-state index < -0.39 is 23.5 Å². The zero-order valence-corrected chi connectivity index (χ0v) is 19.0. The van der Waals surface area contributed by atoms with E-state index in [9.17, 15) is 18.8 Å². The van der Waals surface area contributed by atoms with Crippen LogP contribution in [0, 0.1) is 5.82 Å². The van der Waals surface area contributed by atoms with E-state index in [1.807, 2.05) is 0 Å². The molecular weight excluding hydrogens is 447 g/mol. The van der Waals surface area contributed by atoms with E-state index in [0.29, 0.717) is 32.0 Å². The Kier molecular flexibility index (Phi) is 6.03. The van der Waals surface area contributed by atoms with Crippen LogP contribution in [0.5, 0.6) is 11.5 Å². The number of carboxylic acids is 1. The highest BCUT2D eigenvalue weighted by Crippen LogP contribution is 2.29. The first-order valence-corrected chi connectivity index (χ1v) is 10.7. The Morgan fingerprint density at radius 3 is 2.53 bits per heavy atom. The topological polar surface area (TPSA) is 113 Å². The summed E-state index contributed by atoms with van der Waals surface area (Å²) in [7, 11) is 0. The number of hydrogen-bond donors (Lipinski definition) is 1. The molecule has 1 aromatic carbocycles. The van der Waals surface area contributed by atoms with Gasteiger partial charge in [-0.3, -0.25) is 4.90 Å². The number of ether oxygens (including phenoxy) is 2. The number of piperazine rings is 1. The molecule has 2 aliphatic rings. The third-order valence-corrected chi connectivity index (χ3v) is 5.41. The Hall–Kier alpha value is -3.89. The van der Waals surface area contributed by atoms with Gasteiger partial charge in [-0.25, -0.2) is 23.8 Å². The molecule has 10 nitrogen and oxygen atoms in total. The number of amides is 3. The molecule has 180 valence electrons. The number of carbonyl (C=O) groups excluding carboxylic acids is 2. The van der Waals surface area contributed by atoms with Crippen LogP contribution in [0.4, 0.5) is 19.8 Å². The average Bonchev–Trinajstić information content (AvgIpc) is 3.10. The summed E-state index contributed by atoms with van der Waals surface area (Å²) in [4.78, 5) is 45.4. The number of fused-ring (bicyclic) bond motifs is 1. The first-order chi connectivity index (χ1) is 16.0. The van der Waals surface area contributed by atoms with Gasteiger partial charge in [0.2, 0.25) is 0 Å². The summed E-state index contributed by atoms with van der Waals surface area (Å²) in [5.74, 6) is -1.57. The summed E-state index contributed by atoms with van der Waals surface area (Å²) in [6.45, 7) is 6.92. The Morgan fingerprint density at radius 2 is 1.91 bits per heavy atom. The van der Waals surface area contributed by atoms with Crippen LogP contribution >= 0.6 is 0 Å². The van der Waals surface area contributed by atoms with E-state index in [-0.39, 0.29) is 29.1 Å². The quantitative estimate of drug-likeness (QED) is 0.724. The number of carboxylic acid groups (broad SMARTS) is 1. The molecule has 1 aromatic heterocycles.